The molecule has 1 aromatic carbocycles. The zero-order valence-electron chi connectivity index (χ0n) is 9.47. The van der Waals surface area contributed by atoms with Crippen LogP contribution in [-0.4, -0.2) is 17.6 Å². The summed E-state index contributed by atoms with van der Waals surface area (Å²) in [7, 11) is 0. The maximum atomic E-state index is 12.5. The molecule has 2 aliphatic rings. The van der Waals surface area contributed by atoms with Crippen LogP contribution in [0.5, 0.6) is 11.5 Å². The molecular weight excluding hydrogens is 230 g/mol. The van der Waals surface area contributed by atoms with Gasteiger partial charge < -0.3 is 9.47 Å². The zero-order chi connectivity index (χ0) is 12.1. The Bertz CT molecular complexity index is 679. The van der Waals surface area contributed by atoms with E-state index in [0.29, 0.717) is 29.0 Å². The zero-order valence-corrected chi connectivity index (χ0v) is 9.47. The number of fused-ring (bicyclic) bond motifs is 4. The third kappa shape index (κ3) is 1.14. The molecule has 0 saturated heterocycles. The van der Waals surface area contributed by atoms with Gasteiger partial charge in [0.1, 0.15) is 0 Å². The normalized spacial score (nSPS) is 15.2. The third-order valence-electron chi connectivity index (χ3n) is 3.35. The van der Waals surface area contributed by atoms with Gasteiger partial charge in [-0.25, -0.2) is 0 Å². The molecule has 1 aromatic heterocycles. The van der Waals surface area contributed by atoms with Crippen molar-refractivity contribution >= 4 is 5.78 Å². The van der Waals surface area contributed by atoms with Crippen molar-refractivity contribution in [1.82, 2.24) is 4.98 Å². The molecule has 0 saturated carbocycles. The van der Waals surface area contributed by atoms with Gasteiger partial charge in [-0.1, -0.05) is 6.07 Å². The van der Waals surface area contributed by atoms with Gasteiger partial charge in [0.15, 0.2) is 17.3 Å². The molecule has 18 heavy (non-hydrogen) atoms. The lowest BCUT2D eigenvalue weighted by Gasteiger charge is -2.18. The molecule has 0 unspecified atom stereocenters. The monoisotopic (exact) mass is 239 g/mol. The molecule has 0 radical (unpaired) electrons. The summed E-state index contributed by atoms with van der Waals surface area (Å²) in [6.45, 7) is 0.180. The Kier molecular flexibility index (Phi) is 1.78. The molecule has 0 N–H and O–H groups in total. The first-order valence-electron chi connectivity index (χ1n) is 5.74. The lowest BCUT2D eigenvalue weighted by atomic mass is 9.87. The summed E-state index contributed by atoms with van der Waals surface area (Å²) < 4.78 is 10.7. The number of aromatic nitrogens is 1. The Morgan fingerprint density at radius 1 is 1.17 bits per heavy atom. The average Bonchev–Trinajstić information content (AvgIpc) is 2.87. The van der Waals surface area contributed by atoms with Crippen molar-refractivity contribution in [3.63, 3.8) is 0 Å². The van der Waals surface area contributed by atoms with Crippen molar-refractivity contribution < 1.29 is 14.3 Å². The van der Waals surface area contributed by atoms with E-state index in [-0.39, 0.29) is 12.6 Å². The highest BCUT2D eigenvalue weighted by molar-refractivity contribution is 6.14. The largest absolute Gasteiger partial charge is 0.454 e. The van der Waals surface area contributed by atoms with E-state index in [9.17, 15) is 4.79 Å². The molecule has 1 aliphatic heterocycles. The maximum absolute atomic E-state index is 12.5. The van der Waals surface area contributed by atoms with Gasteiger partial charge in [-0.3, -0.25) is 9.78 Å². The quantitative estimate of drug-likeness (QED) is 0.601. The molecule has 0 spiro atoms. The summed E-state index contributed by atoms with van der Waals surface area (Å²) >= 11 is 0. The molecule has 0 fully saturated rings. The number of hydrogen-bond acceptors (Lipinski definition) is 4. The number of hydrogen-bond donors (Lipinski definition) is 0. The molecule has 0 amide bonds. The Labute approximate surface area is 103 Å². The van der Waals surface area contributed by atoms with Crippen molar-refractivity contribution in [1.29, 1.82) is 0 Å². The number of benzene rings is 1. The van der Waals surface area contributed by atoms with Crippen LogP contribution in [0.3, 0.4) is 0 Å². The fraction of sp³-hybridized carbons (Fsp3) is 0.143. The van der Waals surface area contributed by atoms with E-state index in [4.69, 9.17) is 9.47 Å². The maximum Gasteiger partial charge on any atom is 0.231 e. The van der Waals surface area contributed by atoms with Gasteiger partial charge >= 0.3 is 0 Å². The van der Waals surface area contributed by atoms with Gasteiger partial charge in [-0.05, 0) is 23.8 Å². The van der Waals surface area contributed by atoms with Gasteiger partial charge in [0.05, 0.1) is 11.3 Å². The second-order valence-electron chi connectivity index (χ2n) is 4.34. The molecule has 4 nitrogen and oxygen atoms in total. The van der Waals surface area contributed by atoms with Crippen molar-refractivity contribution in [3.8, 4) is 11.5 Å². The first-order valence-corrected chi connectivity index (χ1v) is 5.74. The van der Waals surface area contributed by atoms with Gasteiger partial charge in [0.2, 0.25) is 6.79 Å². The van der Waals surface area contributed by atoms with Gasteiger partial charge in [0, 0.05) is 18.2 Å². The van der Waals surface area contributed by atoms with Crippen LogP contribution in [0.15, 0.2) is 30.5 Å². The van der Waals surface area contributed by atoms with E-state index < -0.39 is 0 Å². The van der Waals surface area contributed by atoms with Crippen molar-refractivity contribution in [2.24, 2.45) is 0 Å². The highest BCUT2D eigenvalue weighted by Gasteiger charge is 2.31. The molecular formula is C14H9NO3. The van der Waals surface area contributed by atoms with Crippen molar-refractivity contribution in [3.05, 3.63) is 52.8 Å². The van der Waals surface area contributed by atoms with Crippen LogP contribution in [-0.2, 0) is 6.42 Å². The van der Waals surface area contributed by atoms with Crippen molar-refractivity contribution in [2.75, 3.05) is 6.79 Å². The standard InChI is InChI=1S/C14H9NO3/c16-13-9-2-1-5-15-10(9)6-8-3-4-11-14(12(8)13)18-7-17-11/h1-5H,6-7H2. The molecule has 0 bridgehead atoms. The van der Waals surface area contributed by atoms with Crippen LogP contribution in [0.1, 0.15) is 27.2 Å². The predicted molar refractivity (Wildman–Crippen MR) is 63.0 cm³/mol. The minimum atomic E-state index is -0.0262. The SMILES string of the molecule is O=C1c2cccnc2Cc2ccc3c(c21)OCO3. The fourth-order valence-corrected chi connectivity index (χ4v) is 2.51. The number of ether oxygens (including phenoxy) is 2. The highest BCUT2D eigenvalue weighted by atomic mass is 16.7. The fourth-order valence-electron chi connectivity index (χ4n) is 2.51. The molecule has 0 atom stereocenters. The smallest absolute Gasteiger partial charge is 0.231 e. The summed E-state index contributed by atoms with van der Waals surface area (Å²) in [5.74, 6) is 1.20. The lowest BCUT2D eigenvalue weighted by molar-refractivity contribution is 0.102. The average molecular weight is 239 g/mol. The molecule has 4 heteroatoms. The summed E-state index contributed by atoms with van der Waals surface area (Å²) in [6.07, 6.45) is 2.37. The number of ketones is 1. The van der Waals surface area contributed by atoms with Gasteiger partial charge in [-0.2, -0.15) is 0 Å². The van der Waals surface area contributed by atoms with Crippen LogP contribution in [0.25, 0.3) is 0 Å². The summed E-state index contributed by atoms with van der Waals surface area (Å²) in [4.78, 5) is 16.8. The van der Waals surface area contributed by atoms with Gasteiger partial charge in [0.25, 0.3) is 0 Å². The van der Waals surface area contributed by atoms with E-state index in [1.54, 1.807) is 12.3 Å². The van der Waals surface area contributed by atoms with Crippen molar-refractivity contribution in [2.45, 2.75) is 6.42 Å². The molecule has 1 aliphatic carbocycles. The molecule has 88 valence electrons. The molecule has 2 heterocycles. The van der Waals surface area contributed by atoms with E-state index in [1.807, 2.05) is 18.2 Å². The molecule has 4 rings (SSSR count). The van der Waals surface area contributed by atoms with Crippen LogP contribution in [0.4, 0.5) is 0 Å². The number of rotatable bonds is 0. The summed E-state index contributed by atoms with van der Waals surface area (Å²) in [6, 6.07) is 7.35. The van der Waals surface area contributed by atoms with Crippen LogP contribution in [0, 0.1) is 0 Å². The molecule has 2 aromatic rings. The van der Waals surface area contributed by atoms with E-state index >= 15 is 0 Å². The van der Waals surface area contributed by atoms with Gasteiger partial charge in [-0.15, -0.1) is 0 Å². The van der Waals surface area contributed by atoms with E-state index in [2.05, 4.69) is 4.98 Å². The number of carbonyl (C=O) groups is 1. The Balaban J connectivity index is 1.98. The third-order valence-corrected chi connectivity index (χ3v) is 3.35. The van der Waals surface area contributed by atoms with Crippen LogP contribution in [0.2, 0.25) is 0 Å². The summed E-state index contributed by atoms with van der Waals surface area (Å²) in [5, 5.41) is 0. The Morgan fingerprint density at radius 3 is 3.06 bits per heavy atom. The number of carbonyl (C=O) groups excluding carboxylic acids is 1. The lowest BCUT2D eigenvalue weighted by Crippen LogP contribution is -2.16. The van der Waals surface area contributed by atoms with E-state index in [1.165, 1.54) is 0 Å². The minimum Gasteiger partial charge on any atom is -0.454 e. The predicted octanol–water partition coefficient (Wildman–Crippen LogP) is 1.95. The topological polar surface area (TPSA) is 48.4 Å². The summed E-state index contributed by atoms with van der Waals surface area (Å²) in [5.41, 5.74) is 3.07. The Hall–Kier alpha value is -2.36. The number of nitrogens with zero attached hydrogens (tertiary/aromatic N) is 1. The first-order chi connectivity index (χ1) is 8.84. The van der Waals surface area contributed by atoms with E-state index in [0.717, 1.165) is 11.3 Å². The Morgan fingerprint density at radius 2 is 2.11 bits per heavy atom. The minimum absolute atomic E-state index is 0.0262. The highest BCUT2D eigenvalue weighted by Crippen LogP contribution is 2.41. The second kappa shape index (κ2) is 3.32. The number of pyridine rings is 1. The second-order valence-corrected chi connectivity index (χ2v) is 4.34. The van der Waals surface area contributed by atoms with Crippen LogP contribution < -0.4 is 9.47 Å². The first kappa shape index (κ1) is 9.65. The van der Waals surface area contributed by atoms with Crippen LogP contribution >= 0.6 is 0 Å².